The van der Waals surface area contributed by atoms with Crippen molar-refractivity contribution in [3.05, 3.63) is 163 Å². The Hall–Kier alpha value is -5.07. The van der Waals surface area contributed by atoms with E-state index in [1.54, 1.807) is 12.0 Å². The fraction of sp³-hybridized carbons (Fsp3) is 0.393. The van der Waals surface area contributed by atoms with Gasteiger partial charge in [-0.25, -0.2) is 4.79 Å². The number of likely N-dealkylation sites (tertiary alicyclic amines) is 1. The molecule has 6 rings (SSSR count). The van der Waals surface area contributed by atoms with E-state index in [1.807, 2.05) is 37.3 Å². The molecule has 7 nitrogen and oxygen atoms in total. The SMILES string of the molecule is C=C(C)[C@H](CCCO[Si](c1ccccc1)(c1ccccc1)C(C)(C)C)[C@@H](CCc1cccc(OC)c1)C(=O)N1C[C@H](O[Si](c2ccccc2)(c2ccccc2)C(C)(C)C)C[C@H]1C(=O)OC. The maximum atomic E-state index is 15.6. The number of ether oxygens (including phenoxy) is 2. The monoisotopic (exact) mass is 909 g/mol. The molecular weight excluding hydrogens is 839 g/mol. The van der Waals surface area contributed by atoms with Crippen molar-refractivity contribution in [2.75, 3.05) is 27.4 Å². The van der Waals surface area contributed by atoms with Crippen LogP contribution in [-0.2, 0) is 29.6 Å². The Morgan fingerprint density at radius 1 is 0.677 bits per heavy atom. The number of esters is 1. The number of hydrogen-bond donors (Lipinski definition) is 0. The molecule has 344 valence electrons. The van der Waals surface area contributed by atoms with Gasteiger partial charge in [-0.1, -0.05) is 187 Å². The van der Waals surface area contributed by atoms with Crippen LogP contribution in [0.25, 0.3) is 0 Å². The largest absolute Gasteiger partial charge is 0.497 e. The standard InChI is InChI=1S/C56H71NO6Si2/c1-42(2)50(35-24-38-62-64(55(3,4)5,46-27-15-11-16-28-46)47-29-17-12-18-30-47)51(37-36-43-25-23-26-44(39-43)60-9)53(58)57-41-45(40-52(57)54(59)61-10)63-65(56(6,7)8,48-31-19-13-20-32-48)49-33-21-14-22-34-49/h11-23,25-34,39,45,50-52H,1,24,35-38,40-41H2,2-10H3/t45-,50+,51-,52+/m1/s1. The van der Waals surface area contributed by atoms with Crippen LogP contribution in [-0.4, -0.2) is 72.9 Å². The minimum Gasteiger partial charge on any atom is -0.497 e. The zero-order valence-electron chi connectivity index (χ0n) is 40.2. The highest BCUT2D eigenvalue weighted by Gasteiger charge is 2.54. The highest BCUT2D eigenvalue weighted by Crippen LogP contribution is 2.41. The van der Waals surface area contributed by atoms with Gasteiger partial charge in [-0.15, -0.1) is 0 Å². The van der Waals surface area contributed by atoms with E-state index in [-0.39, 0.29) is 28.4 Å². The summed E-state index contributed by atoms with van der Waals surface area (Å²) in [5.41, 5.74) is 2.02. The van der Waals surface area contributed by atoms with Crippen LogP contribution in [0.4, 0.5) is 0 Å². The molecule has 0 N–H and O–H groups in total. The van der Waals surface area contributed by atoms with E-state index in [4.69, 9.17) is 18.3 Å². The summed E-state index contributed by atoms with van der Waals surface area (Å²) in [5, 5.41) is 4.33. The van der Waals surface area contributed by atoms with Crippen LogP contribution in [0.15, 0.2) is 158 Å². The first-order valence-corrected chi connectivity index (χ1v) is 27.1. The molecule has 1 fully saturated rings. The lowest BCUT2D eigenvalue weighted by molar-refractivity contribution is -0.153. The van der Waals surface area contributed by atoms with Crippen LogP contribution >= 0.6 is 0 Å². The lowest BCUT2D eigenvalue weighted by atomic mass is 9.79. The Kier molecular flexibility index (Phi) is 16.3. The second-order valence-corrected chi connectivity index (χ2v) is 28.3. The summed E-state index contributed by atoms with van der Waals surface area (Å²) in [6, 6.07) is 49.7. The lowest BCUT2D eigenvalue weighted by Gasteiger charge is -2.44. The molecular formula is C56H71NO6Si2. The molecule has 9 heteroatoms. The van der Waals surface area contributed by atoms with Gasteiger partial charge in [-0.05, 0) is 87.0 Å². The summed E-state index contributed by atoms with van der Waals surface area (Å²) in [6.07, 6.45) is 2.57. The number of methoxy groups -OCH3 is 2. The van der Waals surface area contributed by atoms with Crippen molar-refractivity contribution in [1.82, 2.24) is 4.90 Å². The number of hydrogen-bond acceptors (Lipinski definition) is 6. The quantitative estimate of drug-likeness (QED) is 0.0356. The molecule has 0 aliphatic carbocycles. The van der Waals surface area contributed by atoms with Crippen molar-refractivity contribution in [2.45, 2.75) is 103 Å². The van der Waals surface area contributed by atoms with E-state index in [9.17, 15) is 4.79 Å². The Balaban J connectivity index is 1.34. The number of aryl methyl sites for hydroxylation is 1. The maximum absolute atomic E-state index is 15.6. The van der Waals surface area contributed by atoms with Crippen LogP contribution in [0.3, 0.4) is 0 Å². The molecule has 5 aromatic carbocycles. The molecule has 0 bridgehead atoms. The van der Waals surface area contributed by atoms with Gasteiger partial charge in [0.25, 0.3) is 16.6 Å². The lowest BCUT2D eigenvalue weighted by Crippen LogP contribution is -2.67. The molecule has 0 unspecified atom stereocenters. The van der Waals surface area contributed by atoms with Gasteiger partial charge in [0.05, 0.1) is 20.3 Å². The summed E-state index contributed by atoms with van der Waals surface area (Å²) >= 11 is 0. The zero-order valence-corrected chi connectivity index (χ0v) is 42.2. The number of allylic oxidation sites excluding steroid dienone is 1. The molecule has 0 radical (unpaired) electrons. The van der Waals surface area contributed by atoms with E-state index in [1.165, 1.54) is 17.5 Å². The molecule has 1 amide bonds. The number of carbonyl (C=O) groups is 2. The molecule has 5 aromatic rings. The van der Waals surface area contributed by atoms with Crippen molar-refractivity contribution in [2.24, 2.45) is 11.8 Å². The highest BCUT2D eigenvalue weighted by atomic mass is 28.4. The Morgan fingerprint density at radius 2 is 1.17 bits per heavy atom. The predicted octanol–water partition coefficient (Wildman–Crippen LogP) is 9.51. The number of benzene rings is 5. The van der Waals surface area contributed by atoms with Crippen LogP contribution in [0.5, 0.6) is 5.75 Å². The smallest absolute Gasteiger partial charge is 0.328 e. The number of amides is 1. The second kappa shape index (κ2) is 21.5. The summed E-state index contributed by atoms with van der Waals surface area (Å²) < 4.78 is 26.0. The molecule has 1 aliphatic rings. The van der Waals surface area contributed by atoms with Gasteiger partial charge < -0.3 is 23.2 Å². The average Bonchev–Trinajstić information content (AvgIpc) is 3.74. The van der Waals surface area contributed by atoms with E-state index >= 15 is 4.79 Å². The Labute approximate surface area is 391 Å². The molecule has 1 aliphatic heterocycles. The van der Waals surface area contributed by atoms with E-state index in [2.05, 4.69) is 163 Å². The summed E-state index contributed by atoms with van der Waals surface area (Å²) in [5.74, 6) is -0.367. The van der Waals surface area contributed by atoms with Crippen molar-refractivity contribution in [1.29, 1.82) is 0 Å². The van der Waals surface area contributed by atoms with Gasteiger partial charge in [0.1, 0.15) is 11.8 Å². The predicted molar refractivity (Wildman–Crippen MR) is 271 cm³/mol. The Morgan fingerprint density at radius 3 is 1.62 bits per heavy atom. The summed E-state index contributed by atoms with van der Waals surface area (Å²) in [7, 11) is -2.71. The molecule has 0 aromatic heterocycles. The van der Waals surface area contributed by atoms with E-state index in [0.29, 0.717) is 32.3 Å². The van der Waals surface area contributed by atoms with Gasteiger partial charge in [0.15, 0.2) is 0 Å². The number of carbonyl (C=O) groups excluding carboxylic acids is 2. The fourth-order valence-electron chi connectivity index (χ4n) is 10.4. The van der Waals surface area contributed by atoms with Gasteiger partial charge in [-0.3, -0.25) is 4.79 Å². The van der Waals surface area contributed by atoms with Crippen LogP contribution in [0.1, 0.15) is 79.7 Å². The van der Waals surface area contributed by atoms with Crippen LogP contribution in [0, 0.1) is 11.8 Å². The molecule has 0 saturated carbocycles. The van der Waals surface area contributed by atoms with Gasteiger partial charge in [-0.2, -0.15) is 0 Å². The third-order valence-corrected chi connectivity index (χ3v) is 23.6. The minimum absolute atomic E-state index is 0.0715. The molecule has 65 heavy (non-hydrogen) atoms. The van der Waals surface area contributed by atoms with Crippen molar-refractivity contribution >= 4 is 49.3 Å². The van der Waals surface area contributed by atoms with E-state index < -0.39 is 40.7 Å². The first-order valence-electron chi connectivity index (χ1n) is 23.3. The van der Waals surface area contributed by atoms with Crippen molar-refractivity contribution in [3.8, 4) is 5.75 Å². The van der Waals surface area contributed by atoms with Crippen LogP contribution in [0.2, 0.25) is 10.1 Å². The highest BCUT2D eigenvalue weighted by molar-refractivity contribution is 7.00. The first-order chi connectivity index (χ1) is 31.1. The van der Waals surface area contributed by atoms with Gasteiger partial charge in [0, 0.05) is 25.5 Å². The summed E-state index contributed by atoms with van der Waals surface area (Å²) in [4.78, 5) is 31.2. The maximum Gasteiger partial charge on any atom is 0.328 e. The van der Waals surface area contributed by atoms with E-state index in [0.717, 1.165) is 33.7 Å². The Bertz CT molecular complexity index is 2230. The second-order valence-electron chi connectivity index (χ2n) is 19.8. The first kappa shape index (κ1) is 49.4. The normalized spacial score (nSPS) is 16.7. The average molecular weight is 910 g/mol. The van der Waals surface area contributed by atoms with Gasteiger partial charge in [0.2, 0.25) is 5.91 Å². The number of rotatable bonds is 19. The zero-order chi connectivity index (χ0) is 46.8. The fourth-order valence-corrected chi connectivity index (χ4v) is 19.7. The summed E-state index contributed by atoms with van der Waals surface area (Å²) in [6.45, 7) is 21.0. The molecule has 1 saturated heterocycles. The topological polar surface area (TPSA) is 74.3 Å². The molecule has 0 spiro atoms. The molecule has 4 atom stereocenters. The third kappa shape index (κ3) is 10.8. The van der Waals surface area contributed by atoms with Crippen molar-refractivity contribution < 1.29 is 27.9 Å². The third-order valence-electron chi connectivity index (χ3n) is 13.5. The number of nitrogens with zero attached hydrogens (tertiary/aromatic N) is 1. The van der Waals surface area contributed by atoms with Gasteiger partial charge >= 0.3 is 5.97 Å². The minimum atomic E-state index is -3.02. The van der Waals surface area contributed by atoms with Crippen LogP contribution < -0.4 is 25.5 Å². The van der Waals surface area contributed by atoms with Crippen molar-refractivity contribution in [3.63, 3.8) is 0 Å². The molecule has 1 heterocycles.